The molecule has 0 aliphatic carbocycles. The van der Waals surface area contributed by atoms with Gasteiger partial charge in [-0.2, -0.15) is 5.26 Å². The number of cyclic esters (lactones) is 1. The Hall–Kier alpha value is -1.04. The number of carbonyl (C=O) groups excluding carboxylic acids is 1. The SMILES string of the molecule is N#CC1[CH]C(=O)OC1. The summed E-state index contributed by atoms with van der Waals surface area (Å²) in [5.41, 5.74) is 0. The van der Waals surface area contributed by atoms with Crippen molar-refractivity contribution < 1.29 is 9.53 Å². The van der Waals surface area contributed by atoms with Crippen molar-refractivity contribution >= 4 is 5.97 Å². The topological polar surface area (TPSA) is 50.1 Å². The molecule has 0 saturated carbocycles. The van der Waals surface area contributed by atoms with E-state index in [0.29, 0.717) is 0 Å². The van der Waals surface area contributed by atoms with E-state index in [0.717, 1.165) is 0 Å². The van der Waals surface area contributed by atoms with Crippen LogP contribution in [-0.4, -0.2) is 12.6 Å². The molecule has 0 amide bonds. The summed E-state index contributed by atoms with van der Waals surface area (Å²) in [6.45, 7) is 0.231. The van der Waals surface area contributed by atoms with Gasteiger partial charge in [0, 0.05) is 0 Å². The van der Waals surface area contributed by atoms with Crippen molar-refractivity contribution in [3.8, 4) is 6.07 Å². The molecule has 3 nitrogen and oxygen atoms in total. The number of rotatable bonds is 0. The lowest BCUT2D eigenvalue weighted by Crippen LogP contribution is -1.93. The van der Waals surface area contributed by atoms with Gasteiger partial charge in [-0.1, -0.05) is 0 Å². The Morgan fingerprint density at radius 1 is 2.00 bits per heavy atom. The Kier molecular flexibility index (Phi) is 1.17. The van der Waals surface area contributed by atoms with Crippen LogP contribution in [0.25, 0.3) is 0 Å². The first kappa shape index (κ1) is 5.10. The highest BCUT2D eigenvalue weighted by molar-refractivity contribution is 5.81. The van der Waals surface area contributed by atoms with Gasteiger partial charge in [0.1, 0.15) is 6.61 Å². The average Bonchev–Trinajstić information content (AvgIpc) is 2.14. The lowest BCUT2D eigenvalue weighted by molar-refractivity contribution is -0.135. The van der Waals surface area contributed by atoms with Gasteiger partial charge in [0.05, 0.1) is 18.4 Å². The minimum Gasteiger partial charge on any atom is -0.464 e. The Morgan fingerprint density at radius 2 is 2.75 bits per heavy atom. The number of nitriles is 1. The van der Waals surface area contributed by atoms with Crippen molar-refractivity contribution in [3.05, 3.63) is 6.42 Å². The van der Waals surface area contributed by atoms with E-state index < -0.39 is 0 Å². The number of nitrogens with zero attached hydrogens (tertiary/aromatic N) is 1. The summed E-state index contributed by atoms with van der Waals surface area (Å²) in [4.78, 5) is 10.2. The third-order valence-electron chi connectivity index (χ3n) is 0.908. The number of carbonyl (C=O) groups is 1. The van der Waals surface area contributed by atoms with E-state index in [9.17, 15) is 4.79 Å². The van der Waals surface area contributed by atoms with Crippen LogP contribution in [0.1, 0.15) is 0 Å². The van der Waals surface area contributed by atoms with E-state index in [2.05, 4.69) is 4.74 Å². The molecule has 1 atom stereocenters. The van der Waals surface area contributed by atoms with Gasteiger partial charge >= 0.3 is 5.97 Å². The third kappa shape index (κ3) is 0.784. The molecule has 1 fully saturated rings. The van der Waals surface area contributed by atoms with Crippen molar-refractivity contribution in [1.82, 2.24) is 0 Å². The zero-order chi connectivity index (χ0) is 5.98. The summed E-state index contributed by atoms with van der Waals surface area (Å²) in [6, 6.07) is 1.89. The van der Waals surface area contributed by atoms with Crippen LogP contribution in [0.4, 0.5) is 0 Å². The normalized spacial score (nSPS) is 26.9. The number of ether oxygens (including phenoxy) is 1. The van der Waals surface area contributed by atoms with Gasteiger partial charge in [-0.15, -0.1) is 0 Å². The lowest BCUT2D eigenvalue weighted by atomic mass is 10.1. The molecule has 0 spiro atoms. The predicted molar refractivity (Wildman–Crippen MR) is 24.4 cm³/mol. The van der Waals surface area contributed by atoms with Gasteiger partial charge in [-0.3, -0.25) is 4.79 Å². The summed E-state index contributed by atoms with van der Waals surface area (Å²) in [5.74, 6) is -0.695. The van der Waals surface area contributed by atoms with E-state index in [4.69, 9.17) is 5.26 Å². The molecular weight excluding hydrogens is 106 g/mol. The summed E-state index contributed by atoms with van der Waals surface area (Å²) < 4.78 is 4.44. The van der Waals surface area contributed by atoms with Crippen molar-refractivity contribution in [2.75, 3.05) is 6.61 Å². The maximum Gasteiger partial charge on any atom is 0.311 e. The molecule has 0 aromatic rings. The molecule has 1 heterocycles. The minimum atomic E-state index is -0.378. The molecule has 41 valence electrons. The van der Waals surface area contributed by atoms with E-state index in [1.807, 2.05) is 6.07 Å². The van der Waals surface area contributed by atoms with Crippen molar-refractivity contribution in [3.63, 3.8) is 0 Å². The highest BCUT2D eigenvalue weighted by Gasteiger charge is 2.23. The maximum atomic E-state index is 10.2. The van der Waals surface area contributed by atoms with Crippen LogP contribution in [0.3, 0.4) is 0 Å². The summed E-state index contributed by atoms with van der Waals surface area (Å²) in [7, 11) is 0. The van der Waals surface area contributed by atoms with Gasteiger partial charge in [0.15, 0.2) is 0 Å². The van der Waals surface area contributed by atoms with Crippen molar-refractivity contribution in [2.45, 2.75) is 0 Å². The fraction of sp³-hybridized carbons (Fsp3) is 0.400. The van der Waals surface area contributed by atoms with E-state index in [1.54, 1.807) is 0 Å². The lowest BCUT2D eigenvalue weighted by Gasteiger charge is -1.85. The number of esters is 1. The second-order valence-corrected chi connectivity index (χ2v) is 1.53. The average molecular weight is 110 g/mol. The number of hydrogen-bond acceptors (Lipinski definition) is 3. The van der Waals surface area contributed by atoms with Gasteiger partial charge in [0.25, 0.3) is 0 Å². The Labute approximate surface area is 46.9 Å². The molecule has 1 rings (SSSR count). The zero-order valence-electron chi connectivity index (χ0n) is 4.13. The summed E-state index contributed by atoms with van der Waals surface area (Å²) >= 11 is 0. The maximum absolute atomic E-state index is 10.2. The Balaban J connectivity index is 2.47. The summed E-state index contributed by atoms with van der Waals surface area (Å²) in [6.07, 6.45) is 1.28. The molecule has 1 aliphatic rings. The third-order valence-corrected chi connectivity index (χ3v) is 0.908. The van der Waals surface area contributed by atoms with Crippen LogP contribution in [0.5, 0.6) is 0 Å². The fourth-order valence-corrected chi connectivity index (χ4v) is 0.507. The largest absolute Gasteiger partial charge is 0.464 e. The van der Waals surface area contributed by atoms with Crippen LogP contribution in [0, 0.1) is 23.7 Å². The van der Waals surface area contributed by atoms with E-state index in [1.165, 1.54) is 6.42 Å². The molecule has 1 unspecified atom stereocenters. The molecule has 0 bridgehead atoms. The fourth-order valence-electron chi connectivity index (χ4n) is 0.507. The molecule has 1 saturated heterocycles. The predicted octanol–water partition coefficient (Wildman–Crippen LogP) is -0.113. The Bertz CT molecular complexity index is 147. The Morgan fingerprint density at radius 3 is 3.00 bits per heavy atom. The van der Waals surface area contributed by atoms with E-state index >= 15 is 0 Å². The van der Waals surface area contributed by atoms with Gasteiger partial charge in [-0.05, 0) is 0 Å². The molecule has 1 radical (unpaired) electrons. The summed E-state index contributed by atoms with van der Waals surface area (Å²) in [5, 5.41) is 8.17. The molecule has 0 N–H and O–H groups in total. The molecule has 3 heteroatoms. The minimum absolute atomic E-state index is 0.231. The van der Waals surface area contributed by atoms with Crippen molar-refractivity contribution in [2.24, 2.45) is 5.92 Å². The standard InChI is InChI=1S/C5H4NO2/c6-2-4-1-5(7)8-3-4/h1,4H,3H2. The molecule has 1 aliphatic heterocycles. The number of hydrogen-bond donors (Lipinski definition) is 0. The quantitative estimate of drug-likeness (QED) is 0.409. The van der Waals surface area contributed by atoms with E-state index in [-0.39, 0.29) is 18.5 Å². The second-order valence-electron chi connectivity index (χ2n) is 1.53. The highest BCUT2D eigenvalue weighted by atomic mass is 16.5. The van der Waals surface area contributed by atoms with Gasteiger partial charge in [-0.25, -0.2) is 0 Å². The van der Waals surface area contributed by atoms with Crippen LogP contribution >= 0.6 is 0 Å². The highest BCUT2D eigenvalue weighted by Crippen LogP contribution is 2.09. The van der Waals surface area contributed by atoms with Crippen LogP contribution in [0.2, 0.25) is 0 Å². The molecular formula is C5H4NO2. The molecule has 8 heavy (non-hydrogen) atoms. The molecule has 0 aromatic heterocycles. The van der Waals surface area contributed by atoms with Gasteiger partial charge in [0.2, 0.25) is 0 Å². The van der Waals surface area contributed by atoms with Gasteiger partial charge < -0.3 is 4.74 Å². The first-order valence-corrected chi connectivity index (χ1v) is 2.24. The van der Waals surface area contributed by atoms with Crippen LogP contribution in [0.15, 0.2) is 0 Å². The zero-order valence-corrected chi connectivity index (χ0v) is 4.13. The monoisotopic (exact) mass is 110 g/mol. The second kappa shape index (κ2) is 1.83. The first-order chi connectivity index (χ1) is 3.83. The van der Waals surface area contributed by atoms with Crippen molar-refractivity contribution in [1.29, 1.82) is 5.26 Å². The molecule has 0 aromatic carbocycles. The van der Waals surface area contributed by atoms with Crippen LogP contribution in [-0.2, 0) is 9.53 Å². The first-order valence-electron chi connectivity index (χ1n) is 2.24. The smallest absolute Gasteiger partial charge is 0.311 e. The van der Waals surface area contributed by atoms with Crippen LogP contribution < -0.4 is 0 Å².